The number of nitrogens with one attached hydrogen (secondary N) is 1. The Labute approximate surface area is 133 Å². The lowest BCUT2D eigenvalue weighted by Gasteiger charge is -2.36. The monoisotopic (exact) mass is 291 g/mol. The van der Waals surface area contributed by atoms with Crippen molar-refractivity contribution in [2.75, 3.05) is 6.54 Å². The van der Waals surface area contributed by atoms with Crippen molar-refractivity contribution in [2.24, 2.45) is 11.8 Å². The standard InChI is InChI=1S/C20H37N/c1-3-10-17-13-15-19(16-14-17)20(21-4-2)18-11-8-6-5-7-9-12-18/h11,17,19-21H,3-10,12-16H2,1-2H3. The molecule has 1 N–H and O–H groups in total. The third-order valence-electron chi connectivity index (χ3n) is 5.71. The molecule has 1 saturated carbocycles. The summed E-state index contributed by atoms with van der Waals surface area (Å²) in [5.41, 5.74) is 1.76. The molecular weight excluding hydrogens is 254 g/mol. The van der Waals surface area contributed by atoms with Gasteiger partial charge in [0.2, 0.25) is 0 Å². The molecule has 122 valence electrons. The van der Waals surface area contributed by atoms with E-state index in [2.05, 4.69) is 25.2 Å². The molecular formula is C20H37N. The SMILES string of the molecule is CCCC1CCC(C(NCC)C2=CCCCCCC2)CC1. The Morgan fingerprint density at radius 2 is 1.81 bits per heavy atom. The third kappa shape index (κ3) is 5.43. The number of hydrogen-bond acceptors (Lipinski definition) is 1. The van der Waals surface area contributed by atoms with E-state index in [9.17, 15) is 0 Å². The minimum Gasteiger partial charge on any atom is -0.310 e. The van der Waals surface area contributed by atoms with Crippen LogP contribution in [-0.4, -0.2) is 12.6 Å². The van der Waals surface area contributed by atoms with E-state index >= 15 is 0 Å². The normalized spacial score (nSPS) is 29.3. The summed E-state index contributed by atoms with van der Waals surface area (Å²) in [5, 5.41) is 3.85. The van der Waals surface area contributed by atoms with Gasteiger partial charge in [-0.05, 0) is 56.9 Å². The number of likely N-dealkylation sites (N-methyl/N-ethyl adjacent to an activating group) is 1. The molecule has 1 fully saturated rings. The number of allylic oxidation sites excluding steroid dienone is 1. The van der Waals surface area contributed by atoms with E-state index in [4.69, 9.17) is 0 Å². The van der Waals surface area contributed by atoms with Gasteiger partial charge in [-0.15, -0.1) is 0 Å². The van der Waals surface area contributed by atoms with Crippen LogP contribution in [0.15, 0.2) is 11.6 Å². The second-order valence-corrected chi connectivity index (χ2v) is 7.34. The first-order chi connectivity index (χ1) is 10.3. The lowest BCUT2D eigenvalue weighted by Crippen LogP contribution is -2.39. The molecule has 2 aliphatic rings. The molecule has 0 aromatic carbocycles. The van der Waals surface area contributed by atoms with Gasteiger partial charge in [-0.3, -0.25) is 0 Å². The van der Waals surface area contributed by atoms with E-state index in [-0.39, 0.29) is 0 Å². The van der Waals surface area contributed by atoms with Gasteiger partial charge in [-0.2, -0.15) is 0 Å². The van der Waals surface area contributed by atoms with Crippen LogP contribution in [0.5, 0.6) is 0 Å². The Kier molecular flexibility index (Phi) is 7.85. The molecule has 0 bridgehead atoms. The maximum absolute atomic E-state index is 3.85. The van der Waals surface area contributed by atoms with E-state index < -0.39 is 0 Å². The predicted octanol–water partition coefficient (Wildman–Crippen LogP) is 5.85. The molecule has 0 saturated heterocycles. The highest BCUT2D eigenvalue weighted by atomic mass is 14.9. The first-order valence-electron chi connectivity index (χ1n) is 9.77. The van der Waals surface area contributed by atoms with Gasteiger partial charge in [0, 0.05) is 6.04 Å². The summed E-state index contributed by atoms with van der Waals surface area (Å²) in [6.45, 7) is 5.74. The topological polar surface area (TPSA) is 12.0 Å². The number of hydrogen-bond donors (Lipinski definition) is 1. The summed E-state index contributed by atoms with van der Waals surface area (Å²) in [7, 11) is 0. The first kappa shape index (κ1) is 17.1. The van der Waals surface area contributed by atoms with Gasteiger partial charge in [0.05, 0.1) is 0 Å². The average Bonchev–Trinajstić information content (AvgIpc) is 2.47. The van der Waals surface area contributed by atoms with Crippen LogP contribution in [0.1, 0.15) is 90.9 Å². The fourth-order valence-corrected chi connectivity index (χ4v) is 4.54. The highest BCUT2D eigenvalue weighted by Gasteiger charge is 2.28. The van der Waals surface area contributed by atoms with Gasteiger partial charge in [0.25, 0.3) is 0 Å². The maximum Gasteiger partial charge on any atom is 0.0307 e. The Hall–Kier alpha value is -0.300. The highest BCUT2D eigenvalue weighted by molar-refractivity contribution is 5.14. The number of rotatable bonds is 6. The van der Waals surface area contributed by atoms with Gasteiger partial charge in [-0.1, -0.05) is 64.0 Å². The van der Waals surface area contributed by atoms with Crippen molar-refractivity contribution in [3.63, 3.8) is 0 Å². The average molecular weight is 292 g/mol. The van der Waals surface area contributed by atoms with Crippen molar-refractivity contribution in [3.05, 3.63) is 11.6 Å². The summed E-state index contributed by atoms with van der Waals surface area (Å²) in [6.07, 6.45) is 19.7. The Balaban J connectivity index is 1.94. The summed E-state index contributed by atoms with van der Waals surface area (Å²) >= 11 is 0. The van der Waals surface area contributed by atoms with Crippen LogP contribution in [-0.2, 0) is 0 Å². The van der Waals surface area contributed by atoms with E-state index in [0.29, 0.717) is 6.04 Å². The lowest BCUT2D eigenvalue weighted by atomic mass is 9.74. The molecule has 0 aromatic heterocycles. The molecule has 0 aliphatic heterocycles. The Morgan fingerprint density at radius 3 is 2.52 bits per heavy atom. The molecule has 0 amide bonds. The summed E-state index contributed by atoms with van der Waals surface area (Å²) in [5.74, 6) is 1.93. The Bertz CT molecular complexity index is 299. The van der Waals surface area contributed by atoms with Crippen LogP contribution in [0.25, 0.3) is 0 Å². The van der Waals surface area contributed by atoms with Crippen LogP contribution >= 0.6 is 0 Å². The van der Waals surface area contributed by atoms with Crippen molar-refractivity contribution in [1.82, 2.24) is 5.32 Å². The molecule has 0 aromatic rings. The van der Waals surface area contributed by atoms with Gasteiger partial charge in [0.1, 0.15) is 0 Å². The second kappa shape index (κ2) is 9.66. The zero-order chi connectivity index (χ0) is 14.9. The molecule has 0 radical (unpaired) electrons. The fraction of sp³-hybridized carbons (Fsp3) is 0.900. The molecule has 2 rings (SSSR count). The van der Waals surface area contributed by atoms with E-state index in [1.807, 2.05) is 0 Å². The van der Waals surface area contributed by atoms with Crippen LogP contribution < -0.4 is 5.32 Å². The molecule has 1 heteroatoms. The van der Waals surface area contributed by atoms with Crippen LogP contribution in [0, 0.1) is 11.8 Å². The summed E-state index contributed by atoms with van der Waals surface area (Å²) in [6, 6.07) is 0.690. The quantitative estimate of drug-likeness (QED) is 0.605. The van der Waals surface area contributed by atoms with Crippen LogP contribution in [0.3, 0.4) is 0 Å². The van der Waals surface area contributed by atoms with Crippen molar-refractivity contribution >= 4 is 0 Å². The lowest BCUT2D eigenvalue weighted by molar-refractivity contribution is 0.226. The summed E-state index contributed by atoms with van der Waals surface area (Å²) < 4.78 is 0. The molecule has 1 nitrogen and oxygen atoms in total. The van der Waals surface area contributed by atoms with E-state index in [1.54, 1.807) is 5.57 Å². The second-order valence-electron chi connectivity index (χ2n) is 7.34. The Morgan fingerprint density at radius 1 is 1.05 bits per heavy atom. The fourth-order valence-electron chi connectivity index (χ4n) is 4.54. The zero-order valence-corrected chi connectivity index (χ0v) is 14.5. The molecule has 0 spiro atoms. The van der Waals surface area contributed by atoms with Crippen molar-refractivity contribution in [3.8, 4) is 0 Å². The van der Waals surface area contributed by atoms with E-state index in [0.717, 1.165) is 18.4 Å². The third-order valence-corrected chi connectivity index (χ3v) is 5.71. The molecule has 0 heterocycles. The minimum atomic E-state index is 0.690. The smallest absolute Gasteiger partial charge is 0.0307 e. The molecule has 21 heavy (non-hydrogen) atoms. The molecule has 1 atom stereocenters. The van der Waals surface area contributed by atoms with Crippen LogP contribution in [0.2, 0.25) is 0 Å². The molecule has 2 aliphatic carbocycles. The maximum atomic E-state index is 3.85. The van der Waals surface area contributed by atoms with Gasteiger partial charge >= 0.3 is 0 Å². The largest absolute Gasteiger partial charge is 0.310 e. The van der Waals surface area contributed by atoms with Crippen molar-refractivity contribution < 1.29 is 0 Å². The van der Waals surface area contributed by atoms with Crippen molar-refractivity contribution in [1.29, 1.82) is 0 Å². The van der Waals surface area contributed by atoms with Gasteiger partial charge in [0.15, 0.2) is 0 Å². The summed E-state index contributed by atoms with van der Waals surface area (Å²) in [4.78, 5) is 0. The molecule has 1 unspecified atom stereocenters. The van der Waals surface area contributed by atoms with Gasteiger partial charge < -0.3 is 5.32 Å². The van der Waals surface area contributed by atoms with Crippen LogP contribution in [0.4, 0.5) is 0 Å². The first-order valence-corrected chi connectivity index (χ1v) is 9.77. The highest BCUT2D eigenvalue weighted by Crippen LogP contribution is 2.36. The predicted molar refractivity (Wildman–Crippen MR) is 93.6 cm³/mol. The zero-order valence-electron chi connectivity index (χ0n) is 14.5. The van der Waals surface area contributed by atoms with Gasteiger partial charge in [-0.25, -0.2) is 0 Å². The van der Waals surface area contributed by atoms with Crippen molar-refractivity contribution in [2.45, 2.75) is 96.9 Å². The minimum absolute atomic E-state index is 0.690. The van der Waals surface area contributed by atoms with E-state index in [1.165, 1.54) is 77.0 Å².